The van der Waals surface area contributed by atoms with Gasteiger partial charge in [-0.2, -0.15) is 0 Å². The van der Waals surface area contributed by atoms with E-state index < -0.39 is 0 Å². The average molecular weight is 416 g/mol. The number of hydrogen-bond acceptors (Lipinski definition) is 4. The largest absolute Gasteiger partial charge is 2.00 e. The second-order valence-electron chi connectivity index (χ2n) is 7.93. The summed E-state index contributed by atoms with van der Waals surface area (Å²) in [5, 5.41) is 22.5. The number of aliphatic imine (C=N–C) groups is 2. The molecule has 0 spiro atoms. The van der Waals surface area contributed by atoms with Gasteiger partial charge in [0.2, 0.25) is 0 Å². The predicted octanol–water partition coefficient (Wildman–Crippen LogP) is 3.95. The first-order valence-corrected chi connectivity index (χ1v) is 8.60. The van der Waals surface area contributed by atoms with E-state index >= 15 is 0 Å². The fourth-order valence-corrected chi connectivity index (χ4v) is 1.70. The zero-order valence-corrected chi connectivity index (χ0v) is 17.7. The maximum atomic E-state index is 11.2. The van der Waals surface area contributed by atoms with Crippen molar-refractivity contribution >= 4 is 12.4 Å². The van der Waals surface area contributed by atoms with Crippen molar-refractivity contribution in [2.45, 2.75) is 52.6 Å². The van der Waals surface area contributed by atoms with E-state index in [0.29, 0.717) is 11.1 Å². The molecule has 0 atom stereocenters. The Morgan fingerprint density at radius 1 is 0.630 bits per heavy atom. The summed E-state index contributed by atoms with van der Waals surface area (Å²) < 4.78 is 0. The zero-order valence-electron chi connectivity index (χ0n) is 16.8. The summed E-state index contributed by atoms with van der Waals surface area (Å²) in [6.07, 6.45) is 3.28. The molecule has 2 aromatic rings. The molecule has 0 bridgehead atoms. The van der Waals surface area contributed by atoms with Crippen LogP contribution in [0.3, 0.4) is 0 Å². The molecule has 0 N–H and O–H groups in total. The van der Waals surface area contributed by atoms with Gasteiger partial charge in [0.25, 0.3) is 0 Å². The molecule has 0 heterocycles. The van der Waals surface area contributed by atoms with Crippen molar-refractivity contribution in [3.8, 4) is 11.5 Å². The average Bonchev–Trinajstić information content (AvgIpc) is 2.52. The van der Waals surface area contributed by atoms with E-state index in [2.05, 4.69) is 9.98 Å². The molecule has 0 aliphatic rings. The minimum atomic E-state index is -0.123. The van der Waals surface area contributed by atoms with Crippen molar-refractivity contribution in [2.75, 3.05) is 0 Å². The molecule has 0 aliphatic carbocycles. The monoisotopic (exact) mass is 415 g/mol. The van der Waals surface area contributed by atoms with Gasteiger partial charge in [0.15, 0.2) is 0 Å². The van der Waals surface area contributed by atoms with Gasteiger partial charge in [0.05, 0.1) is 11.1 Å². The van der Waals surface area contributed by atoms with Crippen molar-refractivity contribution in [1.29, 1.82) is 0 Å². The molecule has 4 nitrogen and oxygen atoms in total. The first kappa shape index (κ1) is 24.9. The number of rotatable bonds is 2. The third kappa shape index (κ3) is 11.3. The third-order valence-corrected chi connectivity index (χ3v) is 3.02. The first-order valence-electron chi connectivity index (χ1n) is 8.60. The van der Waals surface area contributed by atoms with Gasteiger partial charge in [-0.1, -0.05) is 48.5 Å². The van der Waals surface area contributed by atoms with Crippen molar-refractivity contribution in [2.24, 2.45) is 9.98 Å². The summed E-state index contributed by atoms with van der Waals surface area (Å²) in [6, 6.07) is 13.8. The van der Waals surface area contributed by atoms with Gasteiger partial charge in [-0.3, -0.25) is 9.98 Å². The number of hydrogen-bond donors (Lipinski definition) is 0. The zero-order chi connectivity index (χ0) is 19.8. The molecule has 27 heavy (non-hydrogen) atoms. The van der Waals surface area contributed by atoms with Gasteiger partial charge >= 0.3 is 17.1 Å². The van der Waals surface area contributed by atoms with Crippen LogP contribution in [0.4, 0.5) is 0 Å². The second kappa shape index (κ2) is 10.9. The first-order chi connectivity index (χ1) is 12.0. The Kier molecular flexibility index (Phi) is 10.1. The Bertz CT molecular complexity index is 692. The smallest absolute Gasteiger partial charge is 0.872 e. The van der Waals surface area contributed by atoms with E-state index in [0.717, 1.165) is 0 Å². The van der Waals surface area contributed by atoms with Gasteiger partial charge in [-0.25, -0.2) is 0 Å². The number of para-hydroxylation sites is 2. The normalized spacial score (nSPS) is 11.8. The fraction of sp³-hybridized carbons (Fsp3) is 0.364. The van der Waals surface area contributed by atoms with Crippen LogP contribution in [0.1, 0.15) is 52.7 Å². The summed E-state index contributed by atoms with van der Waals surface area (Å²) in [6.45, 7) is 12.0. The molecule has 5 heteroatoms. The van der Waals surface area contributed by atoms with E-state index in [1.54, 1.807) is 48.8 Å². The topological polar surface area (TPSA) is 70.8 Å². The van der Waals surface area contributed by atoms with Crippen molar-refractivity contribution in [1.82, 2.24) is 0 Å². The molecule has 0 aromatic heterocycles. The Labute approximate surface area is 173 Å². The summed E-state index contributed by atoms with van der Waals surface area (Å²) in [5.74, 6) is 0.0472. The Morgan fingerprint density at radius 3 is 1.19 bits per heavy atom. The van der Waals surface area contributed by atoms with Crippen molar-refractivity contribution < 1.29 is 27.3 Å². The van der Waals surface area contributed by atoms with E-state index in [1.165, 1.54) is 0 Å². The van der Waals surface area contributed by atoms with Crippen molar-refractivity contribution in [3.05, 3.63) is 59.7 Å². The molecule has 0 saturated carbocycles. The van der Waals surface area contributed by atoms with Crippen LogP contribution in [0.25, 0.3) is 0 Å². The number of nitrogens with zero attached hydrogens (tertiary/aromatic N) is 2. The van der Waals surface area contributed by atoms with Gasteiger partial charge in [0.1, 0.15) is 0 Å². The summed E-state index contributed by atoms with van der Waals surface area (Å²) in [4.78, 5) is 8.53. The minimum Gasteiger partial charge on any atom is -0.872 e. The van der Waals surface area contributed by atoms with Crippen LogP contribution >= 0.6 is 0 Å². The predicted molar refractivity (Wildman–Crippen MR) is 106 cm³/mol. The van der Waals surface area contributed by atoms with Crippen LogP contribution < -0.4 is 10.2 Å². The standard InChI is InChI=1S/2C11H15NO.Cu/c2*1-11(2,3)12-8-9-6-4-5-7-10(9)13;/h2*4-8,13H,1-3H3;/q;;+2/p-2. The Morgan fingerprint density at radius 2 is 0.926 bits per heavy atom. The summed E-state index contributed by atoms with van der Waals surface area (Å²) in [7, 11) is 0. The quantitative estimate of drug-likeness (QED) is 0.550. The van der Waals surface area contributed by atoms with E-state index in [1.807, 2.05) is 53.7 Å². The van der Waals surface area contributed by atoms with Gasteiger partial charge in [-0.05, 0) is 52.7 Å². The molecule has 0 amide bonds. The van der Waals surface area contributed by atoms with Crippen LogP contribution in [-0.4, -0.2) is 23.5 Å². The molecule has 1 radical (unpaired) electrons. The summed E-state index contributed by atoms with van der Waals surface area (Å²) >= 11 is 0. The van der Waals surface area contributed by atoms with Crippen LogP contribution in [-0.2, 0) is 17.1 Å². The van der Waals surface area contributed by atoms with Crippen LogP contribution in [0, 0.1) is 0 Å². The van der Waals surface area contributed by atoms with Crippen molar-refractivity contribution in [3.63, 3.8) is 0 Å². The van der Waals surface area contributed by atoms with Gasteiger partial charge in [-0.15, -0.1) is 11.5 Å². The Hall–Kier alpha value is -2.10. The molecule has 0 fully saturated rings. The molecule has 0 unspecified atom stereocenters. The molecule has 0 saturated heterocycles. The molecular formula is C22H28CuN2O2. The third-order valence-electron chi connectivity index (χ3n) is 3.02. The van der Waals surface area contributed by atoms with Crippen LogP contribution in [0.2, 0.25) is 0 Å². The maximum absolute atomic E-state index is 11.2. The number of benzene rings is 2. The molecule has 2 aromatic carbocycles. The SMILES string of the molecule is CC(C)(C)N=Cc1ccccc1[O-].CC(C)(C)N=Cc1ccccc1[O-].[Cu+2]. The van der Waals surface area contributed by atoms with E-state index in [9.17, 15) is 10.2 Å². The molecular weight excluding hydrogens is 388 g/mol. The Balaban J connectivity index is 0.000000483. The molecule has 149 valence electrons. The van der Waals surface area contributed by atoms with E-state index in [-0.39, 0.29) is 39.6 Å². The molecule has 2 rings (SSSR count). The van der Waals surface area contributed by atoms with E-state index in [4.69, 9.17) is 0 Å². The fourth-order valence-electron chi connectivity index (χ4n) is 1.70. The minimum absolute atomic E-state index is 0. The van der Waals surface area contributed by atoms with Crippen LogP contribution in [0.15, 0.2) is 58.5 Å². The van der Waals surface area contributed by atoms with Gasteiger partial charge in [0, 0.05) is 12.4 Å². The van der Waals surface area contributed by atoms with Crippen LogP contribution in [0.5, 0.6) is 11.5 Å². The maximum Gasteiger partial charge on any atom is 2.00 e. The van der Waals surface area contributed by atoms with Gasteiger partial charge < -0.3 is 10.2 Å². The molecule has 0 aliphatic heterocycles. The second-order valence-corrected chi connectivity index (χ2v) is 7.93. The summed E-state index contributed by atoms with van der Waals surface area (Å²) in [5.41, 5.74) is 1.06.